The third-order valence-corrected chi connectivity index (χ3v) is 6.10. The standard InChI is InChI=1S/C25H24N2O3/c1-26-13-15-27(16-14-26)24(28)18-11-12-21-23(17-18)30-22-10-6-5-9-20(22)25(21,29)19-7-3-2-4-8-19/h2-12,17,29H,13-16H2,1H3. The van der Waals surface area contributed by atoms with E-state index in [0.29, 0.717) is 41.3 Å². The van der Waals surface area contributed by atoms with Crippen LogP contribution in [0.4, 0.5) is 0 Å². The first-order valence-corrected chi connectivity index (χ1v) is 10.2. The lowest BCUT2D eigenvalue weighted by atomic mass is 9.78. The normalized spacial score (nSPS) is 20.8. The zero-order valence-corrected chi connectivity index (χ0v) is 16.9. The van der Waals surface area contributed by atoms with Crippen molar-refractivity contribution in [3.8, 4) is 11.5 Å². The monoisotopic (exact) mass is 400 g/mol. The third-order valence-electron chi connectivity index (χ3n) is 6.10. The van der Waals surface area contributed by atoms with E-state index in [-0.39, 0.29) is 5.91 Å². The number of rotatable bonds is 2. The molecule has 0 saturated carbocycles. The molecule has 1 unspecified atom stereocenters. The van der Waals surface area contributed by atoms with Crippen molar-refractivity contribution < 1.29 is 14.6 Å². The fourth-order valence-electron chi connectivity index (χ4n) is 4.34. The number of amides is 1. The van der Waals surface area contributed by atoms with Crippen molar-refractivity contribution in [1.82, 2.24) is 9.80 Å². The van der Waals surface area contributed by atoms with E-state index in [4.69, 9.17) is 4.74 Å². The molecule has 0 radical (unpaired) electrons. The van der Waals surface area contributed by atoms with Gasteiger partial charge in [0.15, 0.2) is 0 Å². The van der Waals surface area contributed by atoms with Crippen molar-refractivity contribution in [2.75, 3.05) is 33.2 Å². The SMILES string of the molecule is CN1CCN(C(=O)c2ccc3c(c2)Oc2ccccc2C3(O)c2ccccc2)CC1. The van der Waals surface area contributed by atoms with Crippen LogP contribution in [-0.2, 0) is 5.60 Å². The van der Waals surface area contributed by atoms with Crippen LogP contribution in [0.2, 0.25) is 0 Å². The van der Waals surface area contributed by atoms with Gasteiger partial charge >= 0.3 is 0 Å². The van der Waals surface area contributed by atoms with Crippen LogP contribution in [0.1, 0.15) is 27.0 Å². The molecular weight excluding hydrogens is 376 g/mol. The molecule has 1 saturated heterocycles. The summed E-state index contributed by atoms with van der Waals surface area (Å²) in [6.45, 7) is 3.16. The molecule has 2 aliphatic rings. The number of hydrogen-bond acceptors (Lipinski definition) is 4. The predicted octanol–water partition coefficient (Wildman–Crippen LogP) is 3.46. The van der Waals surface area contributed by atoms with E-state index in [0.717, 1.165) is 18.7 Å². The van der Waals surface area contributed by atoms with Gasteiger partial charge in [0.1, 0.15) is 17.1 Å². The predicted molar refractivity (Wildman–Crippen MR) is 115 cm³/mol. The molecule has 2 heterocycles. The molecule has 0 spiro atoms. The number of ether oxygens (including phenoxy) is 1. The first kappa shape index (κ1) is 18.9. The van der Waals surface area contributed by atoms with E-state index in [2.05, 4.69) is 11.9 Å². The van der Waals surface area contributed by atoms with Gasteiger partial charge in [-0.15, -0.1) is 0 Å². The van der Waals surface area contributed by atoms with Crippen LogP contribution >= 0.6 is 0 Å². The lowest BCUT2D eigenvalue weighted by molar-refractivity contribution is 0.0662. The highest BCUT2D eigenvalue weighted by Crippen LogP contribution is 2.50. The number of likely N-dealkylation sites (N-methyl/N-ethyl adjacent to an activating group) is 1. The highest BCUT2D eigenvalue weighted by Gasteiger charge is 2.42. The van der Waals surface area contributed by atoms with Gasteiger partial charge < -0.3 is 19.6 Å². The molecule has 0 aromatic heterocycles. The maximum atomic E-state index is 13.1. The van der Waals surface area contributed by atoms with E-state index < -0.39 is 5.60 Å². The van der Waals surface area contributed by atoms with E-state index in [1.807, 2.05) is 65.6 Å². The van der Waals surface area contributed by atoms with Gasteiger partial charge in [-0.3, -0.25) is 4.79 Å². The zero-order chi connectivity index (χ0) is 20.7. The van der Waals surface area contributed by atoms with E-state index in [1.165, 1.54) is 0 Å². The number of fused-ring (bicyclic) bond motifs is 2. The van der Waals surface area contributed by atoms with Gasteiger partial charge in [0, 0.05) is 42.9 Å². The zero-order valence-electron chi connectivity index (χ0n) is 16.9. The highest BCUT2D eigenvalue weighted by atomic mass is 16.5. The summed E-state index contributed by atoms with van der Waals surface area (Å²) in [5, 5.41) is 12.0. The summed E-state index contributed by atoms with van der Waals surface area (Å²) in [5.41, 5.74) is 1.33. The molecule has 30 heavy (non-hydrogen) atoms. The Balaban J connectivity index is 1.58. The molecule has 5 rings (SSSR count). The molecule has 3 aromatic rings. The maximum absolute atomic E-state index is 13.1. The van der Waals surface area contributed by atoms with Crippen LogP contribution in [0.25, 0.3) is 0 Å². The molecule has 152 valence electrons. The summed E-state index contributed by atoms with van der Waals surface area (Å²) in [7, 11) is 2.07. The van der Waals surface area contributed by atoms with E-state index >= 15 is 0 Å². The lowest BCUT2D eigenvalue weighted by Gasteiger charge is -2.37. The Hall–Kier alpha value is -3.15. The summed E-state index contributed by atoms with van der Waals surface area (Å²) in [6, 6.07) is 22.5. The molecule has 0 bridgehead atoms. The molecule has 1 atom stereocenters. The molecular formula is C25H24N2O3. The second kappa shape index (κ2) is 7.27. The maximum Gasteiger partial charge on any atom is 0.254 e. The molecule has 5 heteroatoms. The van der Waals surface area contributed by atoms with Crippen LogP contribution in [0.3, 0.4) is 0 Å². The quantitative estimate of drug-likeness (QED) is 0.716. The molecule has 1 amide bonds. The summed E-state index contributed by atoms with van der Waals surface area (Å²) in [4.78, 5) is 17.2. The highest BCUT2D eigenvalue weighted by molar-refractivity contribution is 5.95. The second-order valence-corrected chi connectivity index (χ2v) is 7.98. The smallest absolute Gasteiger partial charge is 0.254 e. The molecule has 1 fully saturated rings. The van der Waals surface area contributed by atoms with Crippen LogP contribution in [0.15, 0.2) is 72.8 Å². The summed E-state index contributed by atoms with van der Waals surface area (Å²) in [5.74, 6) is 1.11. The summed E-state index contributed by atoms with van der Waals surface area (Å²) < 4.78 is 6.15. The number of para-hydroxylation sites is 1. The summed E-state index contributed by atoms with van der Waals surface area (Å²) >= 11 is 0. The molecule has 3 aromatic carbocycles. The Morgan fingerprint density at radius 1 is 0.867 bits per heavy atom. The number of carbonyl (C=O) groups is 1. The Morgan fingerprint density at radius 3 is 2.30 bits per heavy atom. The van der Waals surface area contributed by atoms with Crippen molar-refractivity contribution in [3.63, 3.8) is 0 Å². The third kappa shape index (κ3) is 2.98. The van der Waals surface area contributed by atoms with Crippen LogP contribution in [0.5, 0.6) is 11.5 Å². The first-order chi connectivity index (χ1) is 14.6. The molecule has 2 aliphatic heterocycles. The van der Waals surface area contributed by atoms with Crippen molar-refractivity contribution in [1.29, 1.82) is 0 Å². The van der Waals surface area contributed by atoms with Gasteiger partial charge in [-0.05, 0) is 30.8 Å². The minimum absolute atomic E-state index is 0.00314. The fraction of sp³-hybridized carbons (Fsp3) is 0.240. The van der Waals surface area contributed by atoms with Gasteiger partial charge in [-0.2, -0.15) is 0 Å². The van der Waals surface area contributed by atoms with Crippen molar-refractivity contribution >= 4 is 5.91 Å². The molecule has 5 nitrogen and oxygen atoms in total. The number of hydrogen-bond donors (Lipinski definition) is 1. The average molecular weight is 400 g/mol. The van der Waals surface area contributed by atoms with Gasteiger partial charge in [0.25, 0.3) is 5.91 Å². The van der Waals surface area contributed by atoms with Gasteiger partial charge in [0.2, 0.25) is 0 Å². The van der Waals surface area contributed by atoms with Crippen molar-refractivity contribution in [2.24, 2.45) is 0 Å². The minimum atomic E-state index is -1.35. The fourth-order valence-corrected chi connectivity index (χ4v) is 4.34. The largest absolute Gasteiger partial charge is 0.456 e. The van der Waals surface area contributed by atoms with E-state index in [9.17, 15) is 9.90 Å². The number of nitrogens with zero attached hydrogens (tertiary/aromatic N) is 2. The van der Waals surface area contributed by atoms with Crippen LogP contribution < -0.4 is 4.74 Å². The number of benzene rings is 3. The first-order valence-electron chi connectivity index (χ1n) is 10.2. The van der Waals surface area contributed by atoms with Gasteiger partial charge in [0.05, 0.1) is 0 Å². The molecule has 1 N–H and O–H groups in total. The molecule has 0 aliphatic carbocycles. The number of piperazine rings is 1. The Bertz CT molecular complexity index is 1090. The number of carbonyl (C=O) groups excluding carboxylic acids is 1. The second-order valence-electron chi connectivity index (χ2n) is 7.98. The van der Waals surface area contributed by atoms with Crippen molar-refractivity contribution in [2.45, 2.75) is 5.60 Å². The summed E-state index contributed by atoms with van der Waals surface area (Å²) in [6.07, 6.45) is 0. The Morgan fingerprint density at radius 2 is 1.53 bits per heavy atom. The minimum Gasteiger partial charge on any atom is -0.456 e. The van der Waals surface area contributed by atoms with Crippen LogP contribution in [-0.4, -0.2) is 54.0 Å². The van der Waals surface area contributed by atoms with Crippen LogP contribution in [0, 0.1) is 0 Å². The Kier molecular flexibility index (Phi) is 4.57. The lowest BCUT2D eigenvalue weighted by Crippen LogP contribution is -2.47. The topological polar surface area (TPSA) is 53.0 Å². The van der Waals surface area contributed by atoms with E-state index in [1.54, 1.807) is 12.1 Å². The van der Waals surface area contributed by atoms with Gasteiger partial charge in [-0.25, -0.2) is 0 Å². The average Bonchev–Trinajstić information content (AvgIpc) is 2.79. The number of aliphatic hydroxyl groups is 1. The van der Waals surface area contributed by atoms with Gasteiger partial charge in [-0.1, -0.05) is 54.6 Å². The Labute approximate surface area is 176 Å². The van der Waals surface area contributed by atoms with Crippen molar-refractivity contribution in [3.05, 3.63) is 95.1 Å².